The van der Waals surface area contributed by atoms with E-state index < -0.39 is 0 Å². The molecular weight excluding hydrogens is 342 g/mol. The Bertz CT molecular complexity index is 631. The topological polar surface area (TPSA) is 38.3 Å². The van der Waals surface area contributed by atoms with E-state index in [0.717, 1.165) is 4.47 Å². The van der Waals surface area contributed by atoms with Gasteiger partial charge in [0.15, 0.2) is 0 Å². The zero-order valence-corrected chi connectivity index (χ0v) is 13.2. The molecule has 3 nitrogen and oxygen atoms in total. The van der Waals surface area contributed by atoms with Crippen molar-refractivity contribution in [3.8, 4) is 5.75 Å². The summed E-state index contributed by atoms with van der Waals surface area (Å²) < 4.78 is 6.18. The van der Waals surface area contributed by atoms with E-state index in [0.29, 0.717) is 28.6 Å². The lowest BCUT2D eigenvalue weighted by atomic mass is 10.2. The monoisotopic (exact) mass is 353 g/mol. The van der Waals surface area contributed by atoms with Crippen LogP contribution in [0.5, 0.6) is 5.75 Å². The van der Waals surface area contributed by atoms with Gasteiger partial charge in [0.05, 0.1) is 17.9 Å². The highest BCUT2D eigenvalue weighted by Gasteiger charge is 2.13. The molecular formula is C15H13BrClNO2. The fraction of sp³-hybridized carbons (Fsp3) is 0.133. The molecule has 0 fully saturated rings. The van der Waals surface area contributed by atoms with Crippen LogP contribution in [0.4, 0.5) is 5.69 Å². The highest BCUT2D eigenvalue weighted by Crippen LogP contribution is 2.27. The Labute approximate surface area is 131 Å². The average molecular weight is 355 g/mol. The molecule has 0 aromatic heterocycles. The summed E-state index contributed by atoms with van der Waals surface area (Å²) in [5.41, 5.74) is 1.15. The Morgan fingerprint density at radius 2 is 2.05 bits per heavy atom. The Morgan fingerprint density at radius 3 is 2.75 bits per heavy atom. The Hall–Kier alpha value is -1.52. The van der Waals surface area contributed by atoms with Crippen LogP contribution in [-0.2, 0) is 0 Å². The summed E-state index contributed by atoms with van der Waals surface area (Å²) in [6.07, 6.45) is 0. The largest absolute Gasteiger partial charge is 0.493 e. The van der Waals surface area contributed by atoms with Crippen molar-refractivity contribution in [3.63, 3.8) is 0 Å². The number of nitrogens with one attached hydrogen (secondary N) is 1. The first-order chi connectivity index (χ1) is 9.61. The number of ether oxygens (including phenoxy) is 1. The summed E-state index contributed by atoms with van der Waals surface area (Å²) in [5.74, 6) is 0.342. The molecule has 0 radical (unpaired) electrons. The molecule has 0 bridgehead atoms. The van der Waals surface area contributed by atoms with Crippen LogP contribution in [0.25, 0.3) is 0 Å². The molecule has 0 spiro atoms. The summed E-state index contributed by atoms with van der Waals surface area (Å²) >= 11 is 9.24. The minimum absolute atomic E-state index is 0.225. The first kappa shape index (κ1) is 14.9. The number of carbonyl (C=O) groups excluding carboxylic acids is 1. The van der Waals surface area contributed by atoms with E-state index in [1.807, 2.05) is 13.0 Å². The number of hydrogen-bond donors (Lipinski definition) is 1. The van der Waals surface area contributed by atoms with Crippen molar-refractivity contribution >= 4 is 39.1 Å². The summed E-state index contributed by atoms with van der Waals surface area (Å²) in [6.45, 7) is 2.39. The summed E-state index contributed by atoms with van der Waals surface area (Å²) in [4.78, 5) is 12.3. The van der Waals surface area contributed by atoms with Gasteiger partial charge in [-0.25, -0.2) is 0 Å². The van der Waals surface area contributed by atoms with Crippen LogP contribution in [0.15, 0.2) is 46.9 Å². The number of rotatable bonds is 4. The molecule has 104 valence electrons. The van der Waals surface area contributed by atoms with Gasteiger partial charge in [-0.3, -0.25) is 4.79 Å². The van der Waals surface area contributed by atoms with Gasteiger partial charge in [0.25, 0.3) is 5.91 Å². The van der Waals surface area contributed by atoms with E-state index in [2.05, 4.69) is 21.2 Å². The van der Waals surface area contributed by atoms with Crippen molar-refractivity contribution < 1.29 is 9.53 Å². The van der Waals surface area contributed by atoms with E-state index in [9.17, 15) is 4.79 Å². The predicted octanol–water partition coefficient (Wildman–Crippen LogP) is 4.75. The van der Waals surface area contributed by atoms with Crippen molar-refractivity contribution in [2.75, 3.05) is 11.9 Å². The normalized spacial score (nSPS) is 10.2. The maximum atomic E-state index is 12.3. The van der Waals surface area contributed by atoms with Crippen LogP contribution in [0.2, 0.25) is 5.02 Å². The first-order valence-corrected chi connectivity index (χ1v) is 7.27. The molecule has 2 rings (SSSR count). The molecule has 0 heterocycles. The van der Waals surface area contributed by atoms with Crippen LogP contribution in [-0.4, -0.2) is 12.5 Å². The van der Waals surface area contributed by atoms with Gasteiger partial charge in [0.1, 0.15) is 5.75 Å². The van der Waals surface area contributed by atoms with Crippen LogP contribution in [0.1, 0.15) is 17.3 Å². The Balaban J connectivity index is 2.24. The maximum Gasteiger partial charge on any atom is 0.259 e. The smallest absolute Gasteiger partial charge is 0.259 e. The standard InChI is InChI=1S/C15H13BrClNO2/c1-2-20-14-6-4-3-5-11(14)15(19)18-13-8-7-10(17)9-12(13)16/h3-9H,2H2,1H3,(H,18,19). The van der Waals surface area contributed by atoms with Gasteiger partial charge < -0.3 is 10.1 Å². The predicted molar refractivity (Wildman–Crippen MR) is 84.7 cm³/mol. The average Bonchev–Trinajstić information content (AvgIpc) is 2.43. The molecule has 0 unspecified atom stereocenters. The van der Waals surface area contributed by atoms with Gasteiger partial charge in [-0.05, 0) is 53.2 Å². The molecule has 0 saturated heterocycles. The SMILES string of the molecule is CCOc1ccccc1C(=O)Nc1ccc(Cl)cc1Br. The van der Waals surface area contributed by atoms with Crippen molar-refractivity contribution in [2.24, 2.45) is 0 Å². The van der Waals surface area contributed by atoms with E-state index >= 15 is 0 Å². The quantitative estimate of drug-likeness (QED) is 0.860. The van der Waals surface area contributed by atoms with E-state index in [4.69, 9.17) is 16.3 Å². The summed E-state index contributed by atoms with van der Waals surface area (Å²) in [6, 6.07) is 12.3. The number of para-hydroxylation sites is 1. The lowest BCUT2D eigenvalue weighted by molar-refractivity contribution is 0.102. The third-order valence-corrected chi connectivity index (χ3v) is 3.50. The number of benzene rings is 2. The number of anilines is 1. The van der Waals surface area contributed by atoms with Crippen LogP contribution in [0, 0.1) is 0 Å². The van der Waals surface area contributed by atoms with Gasteiger partial charge in [0, 0.05) is 9.50 Å². The lowest BCUT2D eigenvalue weighted by Gasteiger charge is -2.11. The number of hydrogen-bond acceptors (Lipinski definition) is 2. The third-order valence-electron chi connectivity index (χ3n) is 2.61. The molecule has 2 aromatic rings. The molecule has 1 amide bonds. The van der Waals surface area contributed by atoms with Gasteiger partial charge in [-0.2, -0.15) is 0 Å². The molecule has 0 atom stereocenters. The van der Waals surface area contributed by atoms with Crippen molar-refractivity contribution in [1.29, 1.82) is 0 Å². The maximum absolute atomic E-state index is 12.3. The minimum atomic E-state index is -0.225. The molecule has 0 saturated carbocycles. The van der Waals surface area contributed by atoms with Crippen LogP contribution < -0.4 is 10.1 Å². The van der Waals surface area contributed by atoms with Gasteiger partial charge in [-0.1, -0.05) is 23.7 Å². The van der Waals surface area contributed by atoms with Crippen LogP contribution in [0.3, 0.4) is 0 Å². The molecule has 0 aliphatic carbocycles. The van der Waals surface area contributed by atoms with E-state index in [-0.39, 0.29) is 5.91 Å². The second-order valence-corrected chi connectivity index (χ2v) is 5.30. The highest BCUT2D eigenvalue weighted by molar-refractivity contribution is 9.10. The molecule has 1 N–H and O–H groups in total. The van der Waals surface area contributed by atoms with Gasteiger partial charge in [-0.15, -0.1) is 0 Å². The highest BCUT2D eigenvalue weighted by atomic mass is 79.9. The second-order valence-electron chi connectivity index (χ2n) is 4.01. The molecule has 0 aliphatic heterocycles. The fourth-order valence-electron chi connectivity index (χ4n) is 1.72. The van der Waals surface area contributed by atoms with Gasteiger partial charge >= 0.3 is 0 Å². The minimum Gasteiger partial charge on any atom is -0.493 e. The van der Waals surface area contributed by atoms with E-state index in [1.165, 1.54) is 0 Å². The number of amides is 1. The zero-order valence-electron chi connectivity index (χ0n) is 10.8. The first-order valence-electron chi connectivity index (χ1n) is 6.10. The molecule has 5 heteroatoms. The molecule has 2 aromatic carbocycles. The Morgan fingerprint density at radius 1 is 1.30 bits per heavy atom. The Kier molecular flexibility index (Phi) is 5.04. The lowest BCUT2D eigenvalue weighted by Crippen LogP contribution is -2.14. The molecule has 20 heavy (non-hydrogen) atoms. The fourth-order valence-corrected chi connectivity index (χ4v) is 2.50. The second kappa shape index (κ2) is 6.77. The zero-order chi connectivity index (χ0) is 14.5. The van der Waals surface area contributed by atoms with Crippen LogP contribution >= 0.6 is 27.5 Å². The summed E-state index contributed by atoms with van der Waals surface area (Å²) in [5, 5.41) is 3.43. The summed E-state index contributed by atoms with van der Waals surface area (Å²) in [7, 11) is 0. The van der Waals surface area contributed by atoms with Crippen molar-refractivity contribution in [3.05, 3.63) is 57.5 Å². The van der Waals surface area contributed by atoms with E-state index in [1.54, 1.807) is 36.4 Å². The third kappa shape index (κ3) is 3.52. The number of halogens is 2. The van der Waals surface area contributed by atoms with Crippen molar-refractivity contribution in [2.45, 2.75) is 6.92 Å². The molecule has 0 aliphatic rings. The number of carbonyl (C=O) groups is 1. The van der Waals surface area contributed by atoms with Crippen molar-refractivity contribution in [1.82, 2.24) is 0 Å². The van der Waals surface area contributed by atoms with Gasteiger partial charge in [0.2, 0.25) is 0 Å².